The van der Waals surface area contributed by atoms with Crippen molar-refractivity contribution in [3.05, 3.63) is 53.3 Å². The van der Waals surface area contributed by atoms with E-state index in [1.165, 1.54) is 0 Å². The largest absolute Gasteiger partial charge is 0.398 e. The Bertz CT molecular complexity index is 756. The minimum atomic E-state index is -4.19. The number of alkyl halides is 3. The second-order valence-electron chi connectivity index (χ2n) is 6.21. The first-order valence-electron chi connectivity index (χ1n) is 8.59. The summed E-state index contributed by atoms with van der Waals surface area (Å²) >= 11 is 0.811. The third-order valence-electron chi connectivity index (χ3n) is 3.90. The van der Waals surface area contributed by atoms with E-state index in [1.807, 2.05) is 32.0 Å². The smallest absolute Gasteiger partial charge is 0.264 e. The summed E-state index contributed by atoms with van der Waals surface area (Å²) in [4.78, 5) is 9.57. The standard InChI is InChI=1S/C20H23F3N2S/c1-4-5-8-17(16-7-6-9-24-12-16)25-18-11-19(15(3)10-14(18)2)26-13-20(21,22)23/h6-7,9-12H,4-5,8,13H2,1-3H3. The van der Waals surface area contributed by atoms with Crippen LogP contribution in [0, 0.1) is 13.8 Å². The molecule has 0 radical (unpaired) electrons. The van der Waals surface area contributed by atoms with Crippen LogP contribution in [0.25, 0.3) is 0 Å². The maximum Gasteiger partial charge on any atom is 0.398 e. The monoisotopic (exact) mass is 380 g/mol. The number of pyridine rings is 1. The summed E-state index contributed by atoms with van der Waals surface area (Å²) < 4.78 is 37.7. The summed E-state index contributed by atoms with van der Waals surface area (Å²) in [7, 11) is 0. The quantitative estimate of drug-likeness (QED) is 0.396. The van der Waals surface area contributed by atoms with E-state index < -0.39 is 11.9 Å². The number of hydrogen-bond acceptors (Lipinski definition) is 3. The number of aromatic nitrogens is 1. The van der Waals surface area contributed by atoms with Gasteiger partial charge in [-0.05, 0) is 49.9 Å². The van der Waals surface area contributed by atoms with Crippen molar-refractivity contribution in [1.29, 1.82) is 0 Å². The average Bonchev–Trinajstić information content (AvgIpc) is 2.59. The maximum atomic E-state index is 12.6. The van der Waals surface area contributed by atoms with Crippen LogP contribution in [0.1, 0.15) is 42.9 Å². The van der Waals surface area contributed by atoms with Crippen LogP contribution in [0.15, 0.2) is 46.5 Å². The highest BCUT2D eigenvalue weighted by Gasteiger charge is 2.27. The molecule has 0 fully saturated rings. The predicted octanol–water partition coefficient (Wildman–Crippen LogP) is 6.66. The van der Waals surface area contributed by atoms with Gasteiger partial charge in [0.05, 0.1) is 11.4 Å². The Morgan fingerprint density at radius 1 is 1.19 bits per heavy atom. The zero-order chi connectivity index (χ0) is 19.2. The fraction of sp³-hybridized carbons (Fsp3) is 0.400. The van der Waals surface area contributed by atoms with Crippen molar-refractivity contribution in [2.45, 2.75) is 51.1 Å². The molecule has 0 bridgehead atoms. The van der Waals surface area contributed by atoms with E-state index in [0.29, 0.717) is 4.90 Å². The molecule has 1 heterocycles. The van der Waals surface area contributed by atoms with Crippen molar-refractivity contribution < 1.29 is 13.2 Å². The van der Waals surface area contributed by atoms with Crippen LogP contribution in [0.4, 0.5) is 18.9 Å². The highest BCUT2D eigenvalue weighted by atomic mass is 32.2. The summed E-state index contributed by atoms with van der Waals surface area (Å²) in [6.07, 6.45) is 2.14. The molecule has 0 saturated heterocycles. The van der Waals surface area contributed by atoms with Gasteiger partial charge in [0.25, 0.3) is 0 Å². The molecule has 2 rings (SSSR count). The molecule has 0 atom stereocenters. The molecule has 2 nitrogen and oxygen atoms in total. The van der Waals surface area contributed by atoms with E-state index in [-0.39, 0.29) is 0 Å². The van der Waals surface area contributed by atoms with Crippen molar-refractivity contribution in [2.24, 2.45) is 4.99 Å². The lowest BCUT2D eigenvalue weighted by Crippen LogP contribution is -2.10. The zero-order valence-electron chi connectivity index (χ0n) is 15.2. The topological polar surface area (TPSA) is 25.2 Å². The third-order valence-corrected chi connectivity index (χ3v) is 5.12. The summed E-state index contributed by atoms with van der Waals surface area (Å²) in [5.74, 6) is -0.897. The fourth-order valence-electron chi connectivity index (χ4n) is 2.55. The number of thioether (sulfide) groups is 1. The van der Waals surface area contributed by atoms with Crippen LogP contribution in [0.2, 0.25) is 0 Å². The van der Waals surface area contributed by atoms with Crippen molar-refractivity contribution in [1.82, 2.24) is 4.98 Å². The van der Waals surface area contributed by atoms with Gasteiger partial charge in [0.15, 0.2) is 0 Å². The SMILES string of the molecule is CCCCC(=Nc1cc(SCC(F)(F)F)c(C)cc1C)c1cccnc1. The van der Waals surface area contributed by atoms with Gasteiger partial charge < -0.3 is 0 Å². The number of unbranched alkanes of at least 4 members (excludes halogenated alkanes) is 1. The van der Waals surface area contributed by atoms with Gasteiger partial charge in [-0.2, -0.15) is 13.2 Å². The predicted molar refractivity (Wildman–Crippen MR) is 103 cm³/mol. The second-order valence-corrected chi connectivity index (χ2v) is 7.23. The van der Waals surface area contributed by atoms with Crippen LogP contribution in [-0.2, 0) is 0 Å². The van der Waals surface area contributed by atoms with Gasteiger partial charge in [0, 0.05) is 28.6 Å². The summed E-state index contributed by atoms with van der Waals surface area (Å²) in [5.41, 5.74) is 4.38. The molecule has 0 amide bonds. The van der Waals surface area contributed by atoms with Crippen LogP contribution in [-0.4, -0.2) is 22.6 Å². The Labute approximate surface area is 157 Å². The number of benzene rings is 1. The van der Waals surface area contributed by atoms with Crippen molar-refractivity contribution >= 4 is 23.2 Å². The van der Waals surface area contributed by atoms with E-state index in [4.69, 9.17) is 4.99 Å². The summed E-state index contributed by atoms with van der Waals surface area (Å²) in [5, 5.41) is 0. The number of nitrogens with zero attached hydrogens (tertiary/aromatic N) is 2. The van der Waals surface area contributed by atoms with Crippen molar-refractivity contribution in [2.75, 3.05) is 5.75 Å². The Kier molecular flexibility index (Phi) is 7.26. The molecule has 0 unspecified atom stereocenters. The third kappa shape index (κ3) is 6.16. The molecule has 0 spiro atoms. The minimum absolute atomic E-state index is 0.618. The number of hydrogen-bond donors (Lipinski definition) is 0. The Hall–Kier alpha value is -1.82. The molecule has 26 heavy (non-hydrogen) atoms. The Balaban J connectivity index is 2.38. The molecule has 0 N–H and O–H groups in total. The van der Waals surface area contributed by atoms with Crippen LogP contribution in [0.5, 0.6) is 0 Å². The van der Waals surface area contributed by atoms with E-state index in [2.05, 4.69) is 11.9 Å². The lowest BCUT2D eigenvalue weighted by molar-refractivity contribution is -0.105. The molecule has 2 aromatic rings. The Morgan fingerprint density at radius 2 is 1.96 bits per heavy atom. The number of aliphatic imine (C=N–C) groups is 1. The van der Waals surface area contributed by atoms with Gasteiger partial charge in [-0.15, -0.1) is 11.8 Å². The highest BCUT2D eigenvalue weighted by molar-refractivity contribution is 7.99. The Morgan fingerprint density at radius 3 is 2.58 bits per heavy atom. The first-order chi connectivity index (χ1) is 12.3. The zero-order valence-corrected chi connectivity index (χ0v) is 16.0. The lowest BCUT2D eigenvalue weighted by atomic mass is 10.1. The fourth-order valence-corrected chi connectivity index (χ4v) is 3.35. The highest BCUT2D eigenvalue weighted by Crippen LogP contribution is 2.34. The van der Waals surface area contributed by atoms with Gasteiger partial charge >= 0.3 is 6.18 Å². The van der Waals surface area contributed by atoms with Crippen LogP contribution >= 0.6 is 11.8 Å². The van der Waals surface area contributed by atoms with Crippen molar-refractivity contribution in [3.8, 4) is 0 Å². The summed E-state index contributed by atoms with van der Waals surface area (Å²) in [6.45, 7) is 5.88. The van der Waals surface area contributed by atoms with Gasteiger partial charge in [-0.25, -0.2) is 0 Å². The molecule has 6 heteroatoms. The van der Waals surface area contributed by atoms with E-state index >= 15 is 0 Å². The van der Waals surface area contributed by atoms with Gasteiger partial charge in [-0.1, -0.05) is 25.5 Å². The van der Waals surface area contributed by atoms with Crippen LogP contribution < -0.4 is 0 Å². The number of halogens is 3. The molecule has 0 aliphatic heterocycles. The molecular weight excluding hydrogens is 357 g/mol. The van der Waals surface area contributed by atoms with Gasteiger partial charge in [-0.3, -0.25) is 9.98 Å². The molecule has 140 valence electrons. The normalized spacial score (nSPS) is 12.5. The van der Waals surface area contributed by atoms with Crippen LogP contribution in [0.3, 0.4) is 0 Å². The first-order valence-corrected chi connectivity index (χ1v) is 9.57. The molecule has 1 aromatic heterocycles. The molecule has 0 aliphatic carbocycles. The molecular formula is C20H23F3N2S. The van der Waals surface area contributed by atoms with E-state index in [1.54, 1.807) is 18.5 Å². The minimum Gasteiger partial charge on any atom is -0.264 e. The lowest BCUT2D eigenvalue weighted by Gasteiger charge is -2.13. The van der Waals surface area contributed by atoms with E-state index in [0.717, 1.165) is 59.1 Å². The van der Waals surface area contributed by atoms with E-state index in [9.17, 15) is 13.2 Å². The number of rotatable bonds is 7. The average molecular weight is 380 g/mol. The van der Waals surface area contributed by atoms with Crippen molar-refractivity contribution in [3.63, 3.8) is 0 Å². The van der Waals surface area contributed by atoms with Gasteiger partial charge in [0.1, 0.15) is 0 Å². The molecule has 0 saturated carbocycles. The summed E-state index contributed by atoms with van der Waals surface area (Å²) in [6, 6.07) is 7.50. The molecule has 0 aliphatic rings. The first kappa shape index (κ1) is 20.5. The second kappa shape index (κ2) is 9.21. The van der Waals surface area contributed by atoms with Gasteiger partial charge in [0.2, 0.25) is 0 Å². The maximum absolute atomic E-state index is 12.6. The number of aryl methyl sites for hydroxylation is 2. The molecule has 1 aromatic carbocycles.